The Labute approximate surface area is 86.3 Å². The highest BCUT2D eigenvalue weighted by Crippen LogP contribution is 2.58. The normalized spacial score (nSPS) is 11.3. The van der Waals surface area contributed by atoms with Crippen molar-refractivity contribution in [1.29, 1.82) is 0 Å². The number of halogens is 3. The number of benzene rings is 1. The fraction of sp³-hybridized carbons (Fsp3) is 0.143. The maximum absolute atomic E-state index is 5.78. The molecule has 1 nitrogen and oxygen atoms in total. The van der Waals surface area contributed by atoms with Gasteiger partial charge in [-0.15, -0.1) is 0 Å². The molecule has 0 aliphatic heterocycles. The van der Waals surface area contributed by atoms with Gasteiger partial charge in [0.2, 0.25) is 0 Å². The molecule has 0 aliphatic rings. The molecule has 66 valence electrons. The first-order valence-corrected chi connectivity index (χ1v) is 7.60. The minimum absolute atomic E-state index is 0.679. The number of hydrogen-bond acceptors (Lipinski definition) is 1. The molecule has 1 aromatic rings. The molecule has 5 heteroatoms. The van der Waals surface area contributed by atoms with Crippen LogP contribution < -0.4 is 0 Å². The summed E-state index contributed by atoms with van der Waals surface area (Å²) in [6.45, 7) is 1.71. The van der Waals surface area contributed by atoms with Crippen LogP contribution in [0.2, 0.25) is 5.02 Å². The zero-order valence-electron chi connectivity index (χ0n) is 6.34. The van der Waals surface area contributed by atoms with Crippen LogP contribution in [0.1, 0.15) is 0 Å². The zero-order valence-corrected chi connectivity index (χ0v) is 9.50. The Hall–Kier alpha value is 0.320. The minimum Gasteiger partial charge on any atom is -0.237 e. The summed E-state index contributed by atoms with van der Waals surface area (Å²) in [7, 11) is 0. The quantitative estimate of drug-likeness (QED) is 0.607. The maximum Gasteiger partial charge on any atom is 0.139 e. The molecule has 0 spiro atoms. The summed E-state index contributed by atoms with van der Waals surface area (Å²) in [5.74, 6) is -2.13. The van der Waals surface area contributed by atoms with Crippen molar-refractivity contribution >= 4 is 45.5 Å². The summed E-state index contributed by atoms with van der Waals surface area (Å²) in [5, 5.41) is 0.679. The second-order valence-corrected chi connectivity index (χ2v) is 8.94. The third-order valence-electron chi connectivity index (χ3n) is 1.12. The minimum atomic E-state index is -2.13. The van der Waals surface area contributed by atoms with Gasteiger partial charge in [-0.3, -0.25) is 0 Å². The third kappa shape index (κ3) is 3.82. The highest BCUT2D eigenvalue weighted by atomic mass is 35.9. The fourth-order valence-electron chi connectivity index (χ4n) is 0.711. The summed E-state index contributed by atoms with van der Waals surface area (Å²) in [6.07, 6.45) is 0. The van der Waals surface area contributed by atoms with Gasteiger partial charge in [-0.25, -0.2) is 4.74 Å². The first-order valence-electron chi connectivity index (χ1n) is 3.22. The van der Waals surface area contributed by atoms with Gasteiger partial charge in [0.15, 0.2) is 0 Å². The Kier molecular flexibility index (Phi) is 3.48. The summed E-state index contributed by atoms with van der Waals surface area (Å²) in [6, 6.07) is 7.07. The first kappa shape index (κ1) is 10.4. The van der Waals surface area contributed by atoms with E-state index in [1.807, 2.05) is 0 Å². The average Bonchev–Trinajstić information content (AvgIpc) is 1.91. The van der Waals surface area contributed by atoms with Crippen molar-refractivity contribution in [3.8, 4) is 0 Å². The van der Waals surface area contributed by atoms with Gasteiger partial charge in [-0.2, -0.15) is 0 Å². The zero-order chi connectivity index (χ0) is 9.19. The van der Waals surface area contributed by atoms with Crippen LogP contribution in [0.15, 0.2) is 29.0 Å². The van der Waals surface area contributed by atoms with Crippen LogP contribution in [-0.2, 0) is 0 Å². The molecule has 0 saturated carbocycles. The average molecular weight is 242 g/mol. The fourth-order valence-corrected chi connectivity index (χ4v) is 1.90. The van der Waals surface area contributed by atoms with Gasteiger partial charge in [-0.1, -0.05) is 34.1 Å². The number of nitrogens with zero attached hydrogens (tertiary/aromatic N) is 1. The number of hydrogen-bond donors (Lipinski definition) is 0. The van der Waals surface area contributed by atoms with E-state index in [1.165, 1.54) is 0 Å². The topological polar surface area (TPSA) is 12.4 Å². The van der Waals surface area contributed by atoms with Crippen LogP contribution in [0.3, 0.4) is 0 Å². The lowest BCUT2D eigenvalue weighted by atomic mass is 10.3. The van der Waals surface area contributed by atoms with Crippen molar-refractivity contribution in [2.75, 3.05) is 6.66 Å². The summed E-state index contributed by atoms with van der Waals surface area (Å²) < 4.78 is 4.12. The van der Waals surface area contributed by atoms with Crippen molar-refractivity contribution in [2.45, 2.75) is 0 Å². The van der Waals surface area contributed by atoms with Gasteiger partial charge in [-0.05, 0) is 30.9 Å². The van der Waals surface area contributed by atoms with E-state index in [9.17, 15) is 0 Å². The lowest BCUT2D eigenvalue weighted by Gasteiger charge is -2.00. The largest absolute Gasteiger partial charge is 0.237 e. The Balaban J connectivity index is 3.00. The van der Waals surface area contributed by atoms with Crippen LogP contribution in [0.4, 0.5) is 5.69 Å². The van der Waals surface area contributed by atoms with Gasteiger partial charge in [0.1, 0.15) is 5.76 Å². The maximum atomic E-state index is 5.78. The standard InChI is InChI=1S/C7H7Cl3NP/c1-12(9,10)11-7-4-2-6(8)3-5-7/h2-5H,1H3. The van der Waals surface area contributed by atoms with Crippen molar-refractivity contribution in [3.05, 3.63) is 29.3 Å². The molecule has 0 heterocycles. The highest BCUT2D eigenvalue weighted by molar-refractivity contribution is 8.09. The molecular weight excluding hydrogens is 235 g/mol. The summed E-state index contributed by atoms with van der Waals surface area (Å²) >= 11 is 17.3. The summed E-state index contributed by atoms with van der Waals surface area (Å²) in [4.78, 5) is 0. The molecule has 0 N–H and O–H groups in total. The summed E-state index contributed by atoms with van der Waals surface area (Å²) in [5.41, 5.74) is 0.764. The SMILES string of the molecule is CP(Cl)(Cl)=Nc1ccc(Cl)cc1. The van der Waals surface area contributed by atoms with Gasteiger partial charge < -0.3 is 0 Å². The highest BCUT2D eigenvalue weighted by Gasteiger charge is 2.01. The van der Waals surface area contributed by atoms with E-state index in [0.717, 1.165) is 5.69 Å². The molecule has 0 aliphatic carbocycles. The molecule has 0 atom stereocenters. The molecule has 0 radical (unpaired) electrons. The van der Waals surface area contributed by atoms with Crippen LogP contribution in [0.5, 0.6) is 0 Å². The molecular formula is C7H7Cl3NP. The van der Waals surface area contributed by atoms with Crippen LogP contribution in [-0.4, -0.2) is 6.66 Å². The predicted octanol–water partition coefficient (Wildman–Crippen LogP) is 5.11. The smallest absolute Gasteiger partial charge is 0.139 e. The van der Waals surface area contributed by atoms with E-state index in [0.29, 0.717) is 5.02 Å². The number of rotatable bonds is 1. The third-order valence-corrected chi connectivity index (χ3v) is 2.41. The van der Waals surface area contributed by atoms with Crippen molar-refractivity contribution in [3.63, 3.8) is 0 Å². The van der Waals surface area contributed by atoms with Crippen molar-refractivity contribution in [2.24, 2.45) is 4.74 Å². The molecule has 0 aromatic heterocycles. The van der Waals surface area contributed by atoms with E-state index in [-0.39, 0.29) is 0 Å². The van der Waals surface area contributed by atoms with E-state index in [4.69, 9.17) is 34.1 Å². The molecule has 0 saturated heterocycles. The van der Waals surface area contributed by atoms with Crippen LogP contribution >= 0.6 is 39.8 Å². The molecule has 0 unspecified atom stereocenters. The van der Waals surface area contributed by atoms with Crippen molar-refractivity contribution in [1.82, 2.24) is 0 Å². The Morgan fingerprint density at radius 1 is 1.17 bits per heavy atom. The van der Waals surface area contributed by atoms with Gasteiger partial charge in [0.25, 0.3) is 0 Å². The van der Waals surface area contributed by atoms with Gasteiger partial charge in [0.05, 0.1) is 5.69 Å². The molecule has 0 amide bonds. The Bertz CT molecular complexity index is 306. The predicted molar refractivity (Wildman–Crippen MR) is 58.1 cm³/mol. The van der Waals surface area contributed by atoms with Crippen molar-refractivity contribution < 1.29 is 0 Å². The van der Waals surface area contributed by atoms with Gasteiger partial charge in [0, 0.05) is 5.02 Å². The molecule has 0 bridgehead atoms. The lowest BCUT2D eigenvalue weighted by molar-refractivity contribution is 1.56. The monoisotopic (exact) mass is 241 g/mol. The van der Waals surface area contributed by atoms with E-state index < -0.39 is 5.76 Å². The van der Waals surface area contributed by atoms with Crippen LogP contribution in [0, 0.1) is 0 Å². The van der Waals surface area contributed by atoms with Gasteiger partial charge >= 0.3 is 0 Å². The molecule has 0 fully saturated rings. The van der Waals surface area contributed by atoms with E-state index >= 15 is 0 Å². The first-order chi connectivity index (χ1) is 5.47. The Morgan fingerprint density at radius 2 is 1.67 bits per heavy atom. The molecule has 1 aromatic carbocycles. The molecule has 1 rings (SSSR count). The second kappa shape index (κ2) is 4.02. The molecule has 12 heavy (non-hydrogen) atoms. The van der Waals surface area contributed by atoms with E-state index in [2.05, 4.69) is 4.74 Å². The second-order valence-electron chi connectivity index (χ2n) is 2.33. The Morgan fingerprint density at radius 3 is 2.08 bits per heavy atom. The van der Waals surface area contributed by atoms with E-state index in [1.54, 1.807) is 30.9 Å². The lowest BCUT2D eigenvalue weighted by Crippen LogP contribution is -1.63. The van der Waals surface area contributed by atoms with Crippen LogP contribution in [0.25, 0.3) is 0 Å².